The Morgan fingerprint density at radius 3 is 2.62 bits per heavy atom. The second-order valence-corrected chi connectivity index (χ2v) is 6.38. The first-order valence-electron chi connectivity index (χ1n) is 8.73. The van der Waals surface area contributed by atoms with Crippen molar-refractivity contribution in [2.24, 2.45) is 7.05 Å². The lowest BCUT2D eigenvalue weighted by atomic mass is 10.3. The van der Waals surface area contributed by atoms with Gasteiger partial charge in [-0.25, -0.2) is 0 Å². The molecule has 0 unspecified atom stereocenters. The predicted molar refractivity (Wildman–Crippen MR) is 92.3 cm³/mol. The number of carbonyl (C=O) groups excluding carboxylic acids is 2. The Morgan fingerprint density at radius 2 is 2.08 bits per heavy atom. The zero-order valence-electron chi connectivity index (χ0n) is 15.0. The van der Waals surface area contributed by atoms with Crippen molar-refractivity contribution in [2.45, 2.75) is 45.2 Å². The topological polar surface area (TPSA) is 54.8 Å². The number of carbonyl (C=O) groups is 2. The van der Waals surface area contributed by atoms with Crippen LogP contribution in [0.4, 0.5) is 0 Å². The summed E-state index contributed by atoms with van der Waals surface area (Å²) < 4.78 is 7.09. The average molecular weight is 335 g/mol. The smallest absolute Gasteiger partial charge is 0.242 e. The minimum atomic E-state index is 0.0223. The van der Waals surface area contributed by atoms with Crippen LogP contribution in [0.15, 0.2) is 18.3 Å². The maximum atomic E-state index is 12.8. The normalized spacial score (nSPS) is 13.8. The Balaban J connectivity index is 1.99. The van der Waals surface area contributed by atoms with Gasteiger partial charge in [0, 0.05) is 51.7 Å². The van der Waals surface area contributed by atoms with Gasteiger partial charge >= 0.3 is 0 Å². The molecule has 24 heavy (non-hydrogen) atoms. The lowest BCUT2D eigenvalue weighted by Crippen LogP contribution is -2.44. The third kappa shape index (κ3) is 5.09. The van der Waals surface area contributed by atoms with E-state index in [0.29, 0.717) is 32.2 Å². The first-order valence-corrected chi connectivity index (χ1v) is 8.73. The highest BCUT2D eigenvalue weighted by Gasteiger charge is 2.33. The summed E-state index contributed by atoms with van der Waals surface area (Å²) in [7, 11) is 3.63. The van der Waals surface area contributed by atoms with Gasteiger partial charge in [0.25, 0.3) is 0 Å². The molecular weight excluding hydrogens is 306 g/mol. The monoisotopic (exact) mass is 335 g/mol. The molecule has 0 saturated heterocycles. The van der Waals surface area contributed by atoms with Gasteiger partial charge in [0.2, 0.25) is 11.8 Å². The van der Waals surface area contributed by atoms with Gasteiger partial charge in [0.15, 0.2) is 0 Å². The summed E-state index contributed by atoms with van der Waals surface area (Å²) in [6, 6.07) is 4.35. The number of aromatic nitrogens is 1. The molecule has 1 aromatic rings. The van der Waals surface area contributed by atoms with Crippen LogP contribution >= 0.6 is 0 Å². The zero-order chi connectivity index (χ0) is 17.5. The summed E-state index contributed by atoms with van der Waals surface area (Å²) in [4.78, 5) is 28.5. The van der Waals surface area contributed by atoms with Crippen molar-refractivity contribution in [1.29, 1.82) is 0 Å². The number of methoxy groups -OCH3 is 1. The van der Waals surface area contributed by atoms with E-state index in [0.717, 1.165) is 25.0 Å². The number of amides is 2. The van der Waals surface area contributed by atoms with Crippen molar-refractivity contribution in [3.8, 4) is 0 Å². The molecule has 0 aromatic carbocycles. The van der Waals surface area contributed by atoms with Crippen LogP contribution in [0, 0.1) is 0 Å². The van der Waals surface area contributed by atoms with Crippen LogP contribution in [0.2, 0.25) is 0 Å². The molecule has 0 N–H and O–H groups in total. The molecule has 1 saturated carbocycles. The van der Waals surface area contributed by atoms with Crippen molar-refractivity contribution in [3.05, 3.63) is 24.0 Å². The fraction of sp³-hybridized carbons (Fsp3) is 0.667. The van der Waals surface area contributed by atoms with Crippen molar-refractivity contribution in [1.82, 2.24) is 14.4 Å². The molecular formula is C18H29N3O3. The second-order valence-electron chi connectivity index (χ2n) is 6.38. The van der Waals surface area contributed by atoms with E-state index in [1.165, 1.54) is 0 Å². The highest BCUT2D eigenvalue weighted by atomic mass is 16.5. The molecule has 1 aromatic heterocycles. The molecule has 0 aliphatic heterocycles. The third-order valence-electron chi connectivity index (χ3n) is 4.45. The van der Waals surface area contributed by atoms with Crippen LogP contribution in [0.5, 0.6) is 0 Å². The summed E-state index contributed by atoms with van der Waals surface area (Å²) in [5, 5.41) is 0. The first-order chi connectivity index (χ1) is 11.6. The van der Waals surface area contributed by atoms with Gasteiger partial charge < -0.3 is 19.1 Å². The Morgan fingerprint density at radius 1 is 1.33 bits per heavy atom. The molecule has 2 amide bonds. The minimum Gasteiger partial charge on any atom is -0.385 e. The average Bonchev–Trinajstić information content (AvgIpc) is 3.33. The summed E-state index contributed by atoms with van der Waals surface area (Å²) in [6.07, 6.45) is 5.27. The summed E-state index contributed by atoms with van der Waals surface area (Å²) >= 11 is 0. The van der Waals surface area contributed by atoms with Gasteiger partial charge in [-0.3, -0.25) is 9.59 Å². The molecule has 0 atom stereocenters. The van der Waals surface area contributed by atoms with Crippen molar-refractivity contribution >= 4 is 11.8 Å². The van der Waals surface area contributed by atoms with Gasteiger partial charge in [-0.05, 0) is 31.4 Å². The Hall–Kier alpha value is -1.82. The van der Waals surface area contributed by atoms with E-state index in [4.69, 9.17) is 4.74 Å². The molecule has 6 nitrogen and oxygen atoms in total. The lowest BCUT2D eigenvalue weighted by Gasteiger charge is -2.28. The zero-order valence-corrected chi connectivity index (χ0v) is 15.0. The molecule has 0 bridgehead atoms. The Bertz CT molecular complexity index is 551. The molecule has 1 aliphatic rings. The van der Waals surface area contributed by atoms with E-state index >= 15 is 0 Å². The number of rotatable bonds is 10. The fourth-order valence-corrected chi connectivity index (χ4v) is 2.81. The quantitative estimate of drug-likeness (QED) is 0.613. The van der Waals surface area contributed by atoms with Gasteiger partial charge in [-0.1, -0.05) is 6.92 Å². The summed E-state index contributed by atoms with van der Waals surface area (Å²) in [6.45, 7) is 3.77. The number of hydrogen-bond donors (Lipinski definition) is 0. The van der Waals surface area contributed by atoms with E-state index in [2.05, 4.69) is 0 Å². The van der Waals surface area contributed by atoms with Crippen molar-refractivity contribution in [3.63, 3.8) is 0 Å². The number of hydrogen-bond acceptors (Lipinski definition) is 3. The fourth-order valence-electron chi connectivity index (χ4n) is 2.81. The molecule has 6 heteroatoms. The van der Waals surface area contributed by atoms with Crippen LogP contribution in [0.25, 0.3) is 0 Å². The van der Waals surface area contributed by atoms with Crippen LogP contribution in [0.3, 0.4) is 0 Å². The molecule has 1 fully saturated rings. The predicted octanol–water partition coefficient (Wildman–Crippen LogP) is 1.79. The molecule has 1 heterocycles. The lowest BCUT2D eigenvalue weighted by molar-refractivity contribution is -0.141. The molecule has 0 spiro atoms. The number of nitrogens with zero attached hydrogens (tertiary/aromatic N) is 3. The van der Waals surface area contributed by atoms with Crippen molar-refractivity contribution < 1.29 is 14.3 Å². The van der Waals surface area contributed by atoms with E-state index in [1.807, 2.05) is 41.8 Å². The first kappa shape index (κ1) is 18.5. The van der Waals surface area contributed by atoms with Crippen LogP contribution in [-0.4, -0.2) is 59.0 Å². The minimum absolute atomic E-state index is 0.0223. The van der Waals surface area contributed by atoms with Crippen molar-refractivity contribution in [2.75, 3.05) is 26.8 Å². The SMILES string of the molecule is CCC(=O)N(CCCOC)CC(=O)N(Cc1cccn1C)C1CC1. The van der Waals surface area contributed by atoms with E-state index in [-0.39, 0.29) is 18.4 Å². The molecule has 2 rings (SSSR count). The van der Waals surface area contributed by atoms with Crippen LogP contribution < -0.4 is 0 Å². The van der Waals surface area contributed by atoms with E-state index in [1.54, 1.807) is 12.0 Å². The molecule has 0 radical (unpaired) electrons. The second kappa shape index (κ2) is 8.87. The van der Waals surface area contributed by atoms with E-state index in [9.17, 15) is 9.59 Å². The van der Waals surface area contributed by atoms with Gasteiger partial charge in [-0.15, -0.1) is 0 Å². The highest BCUT2D eigenvalue weighted by molar-refractivity contribution is 5.85. The summed E-state index contributed by atoms with van der Waals surface area (Å²) in [5.41, 5.74) is 1.11. The highest BCUT2D eigenvalue weighted by Crippen LogP contribution is 2.28. The largest absolute Gasteiger partial charge is 0.385 e. The van der Waals surface area contributed by atoms with Crippen LogP contribution in [-0.2, 0) is 27.9 Å². The Labute approximate surface area is 144 Å². The van der Waals surface area contributed by atoms with Crippen LogP contribution in [0.1, 0.15) is 38.3 Å². The number of aryl methyl sites for hydroxylation is 1. The Kier molecular flexibility index (Phi) is 6.85. The van der Waals surface area contributed by atoms with Gasteiger partial charge in [0.1, 0.15) is 0 Å². The van der Waals surface area contributed by atoms with E-state index < -0.39 is 0 Å². The van der Waals surface area contributed by atoms with Gasteiger partial charge in [-0.2, -0.15) is 0 Å². The third-order valence-corrected chi connectivity index (χ3v) is 4.45. The molecule has 1 aliphatic carbocycles. The van der Waals surface area contributed by atoms with Gasteiger partial charge in [0.05, 0.1) is 13.1 Å². The maximum Gasteiger partial charge on any atom is 0.242 e. The standard InChI is InChI=1S/C18H29N3O3/c1-4-17(22)20(11-6-12-24-3)14-18(23)21(15-8-9-15)13-16-7-5-10-19(16)2/h5,7,10,15H,4,6,8-9,11-14H2,1-3H3. The number of ether oxygens (including phenoxy) is 1. The summed E-state index contributed by atoms with van der Waals surface area (Å²) in [5.74, 6) is 0.0620. The molecule has 134 valence electrons. The maximum absolute atomic E-state index is 12.8.